The summed E-state index contributed by atoms with van der Waals surface area (Å²) in [6.07, 6.45) is 2.70. The van der Waals surface area contributed by atoms with Crippen molar-refractivity contribution in [2.24, 2.45) is 0 Å². The topological polar surface area (TPSA) is 3.24 Å². The molecule has 0 amide bonds. The maximum Gasteiger partial charge on any atom is 0.0201 e. The molecule has 1 fully saturated rings. The summed E-state index contributed by atoms with van der Waals surface area (Å²) in [7, 11) is 0. The van der Waals surface area contributed by atoms with Gasteiger partial charge in [0.1, 0.15) is 0 Å². The molecule has 1 aliphatic rings. The minimum atomic E-state index is 0.872. The molecule has 1 aromatic rings. The lowest BCUT2D eigenvalue weighted by molar-refractivity contribution is 0.415. The van der Waals surface area contributed by atoms with Gasteiger partial charge in [0.25, 0.3) is 0 Å². The van der Waals surface area contributed by atoms with Gasteiger partial charge >= 0.3 is 0 Å². The van der Waals surface area contributed by atoms with Crippen LogP contribution in [0.15, 0.2) is 30.3 Å². The van der Waals surface area contributed by atoms with E-state index in [0.29, 0.717) is 0 Å². The van der Waals surface area contributed by atoms with Gasteiger partial charge in [-0.15, -0.1) is 0 Å². The Hall–Kier alpha value is 0.260. The molecule has 82 valence electrons. The summed E-state index contributed by atoms with van der Waals surface area (Å²) in [5.74, 6) is 1.17. The van der Waals surface area contributed by atoms with Gasteiger partial charge < -0.3 is 0 Å². The zero-order valence-electron chi connectivity index (χ0n) is 8.73. The molecule has 0 atom stereocenters. The van der Waals surface area contributed by atoms with Crippen LogP contribution in [0, 0.1) is 0 Å². The van der Waals surface area contributed by atoms with Crippen molar-refractivity contribution in [3.8, 4) is 0 Å². The van der Waals surface area contributed by atoms with Gasteiger partial charge in [-0.3, -0.25) is 0 Å². The third-order valence-corrected chi connectivity index (χ3v) is 5.12. The third kappa shape index (κ3) is 3.96. The van der Waals surface area contributed by atoms with Crippen LogP contribution in [0.4, 0.5) is 0 Å². The van der Waals surface area contributed by atoms with Gasteiger partial charge in [-0.05, 0) is 18.4 Å². The van der Waals surface area contributed by atoms with E-state index in [0.717, 1.165) is 5.25 Å². The number of thioether (sulfide) groups is 1. The highest BCUT2D eigenvalue weighted by molar-refractivity contribution is 14.1. The third-order valence-electron chi connectivity index (χ3n) is 2.72. The average molecular weight is 333 g/mol. The van der Waals surface area contributed by atoms with Crippen molar-refractivity contribution in [2.45, 2.75) is 23.8 Å². The smallest absolute Gasteiger partial charge is 0.0201 e. The number of rotatable bonds is 3. The van der Waals surface area contributed by atoms with Crippen molar-refractivity contribution < 1.29 is 0 Å². The molecule has 1 aromatic carbocycles. The van der Waals surface area contributed by atoms with E-state index in [-0.39, 0.29) is 0 Å². The maximum atomic E-state index is 2.43. The maximum absolute atomic E-state index is 2.43. The van der Waals surface area contributed by atoms with Crippen molar-refractivity contribution in [3.63, 3.8) is 0 Å². The molecule has 1 aliphatic heterocycles. The van der Waals surface area contributed by atoms with Gasteiger partial charge in [0.2, 0.25) is 0 Å². The standard InChI is InChI=1S/C12H16INS/c13-14-8-6-12(7-9-14)15-10-11-4-2-1-3-5-11/h1-5,12H,6-10H2. The van der Waals surface area contributed by atoms with E-state index >= 15 is 0 Å². The van der Waals surface area contributed by atoms with E-state index in [1.54, 1.807) is 0 Å². The molecular weight excluding hydrogens is 317 g/mol. The van der Waals surface area contributed by atoms with Crippen LogP contribution in [-0.4, -0.2) is 21.5 Å². The number of hydrogen-bond acceptors (Lipinski definition) is 2. The van der Waals surface area contributed by atoms with E-state index in [2.05, 4.69) is 68.1 Å². The lowest BCUT2D eigenvalue weighted by Gasteiger charge is -2.26. The van der Waals surface area contributed by atoms with Crippen LogP contribution in [0.25, 0.3) is 0 Å². The molecule has 0 saturated carbocycles. The average Bonchev–Trinajstić information content (AvgIpc) is 2.30. The predicted molar refractivity (Wildman–Crippen MR) is 76.4 cm³/mol. The highest BCUT2D eigenvalue weighted by atomic mass is 127. The quantitative estimate of drug-likeness (QED) is 0.612. The Morgan fingerprint density at radius 1 is 1.20 bits per heavy atom. The number of benzene rings is 1. The summed E-state index contributed by atoms with van der Waals surface area (Å²) in [5.41, 5.74) is 1.46. The van der Waals surface area contributed by atoms with Crippen LogP contribution >= 0.6 is 34.6 Å². The van der Waals surface area contributed by atoms with Gasteiger partial charge in [-0.1, -0.05) is 30.3 Å². The minimum absolute atomic E-state index is 0.872. The van der Waals surface area contributed by atoms with Gasteiger partial charge in [-0.2, -0.15) is 11.8 Å². The first-order chi connectivity index (χ1) is 7.34. The highest BCUT2D eigenvalue weighted by Gasteiger charge is 2.17. The molecule has 0 bridgehead atoms. The lowest BCUT2D eigenvalue weighted by atomic mass is 10.2. The van der Waals surface area contributed by atoms with Crippen LogP contribution in [-0.2, 0) is 5.75 Å². The predicted octanol–water partition coefficient (Wildman–Crippen LogP) is 3.73. The van der Waals surface area contributed by atoms with Crippen LogP contribution in [0.1, 0.15) is 18.4 Å². The molecule has 3 heteroatoms. The van der Waals surface area contributed by atoms with Crippen molar-refractivity contribution >= 4 is 34.6 Å². The molecule has 0 N–H and O–H groups in total. The first-order valence-electron chi connectivity index (χ1n) is 5.41. The Morgan fingerprint density at radius 2 is 1.87 bits per heavy atom. The van der Waals surface area contributed by atoms with Gasteiger partial charge in [-0.25, -0.2) is 3.11 Å². The molecule has 0 aromatic heterocycles. The van der Waals surface area contributed by atoms with Gasteiger partial charge in [0.15, 0.2) is 0 Å². The van der Waals surface area contributed by atoms with E-state index in [1.807, 2.05) is 0 Å². The number of hydrogen-bond donors (Lipinski definition) is 0. The van der Waals surface area contributed by atoms with Crippen molar-refractivity contribution in [3.05, 3.63) is 35.9 Å². The summed E-state index contributed by atoms with van der Waals surface area (Å²) in [4.78, 5) is 0. The SMILES string of the molecule is IN1CCC(SCc2ccccc2)CC1. The zero-order chi connectivity index (χ0) is 10.5. The first kappa shape index (κ1) is 11.7. The summed E-state index contributed by atoms with van der Waals surface area (Å²) >= 11 is 4.55. The lowest BCUT2D eigenvalue weighted by Crippen LogP contribution is -2.27. The molecule has 0 aliphatic carbocycles. The monoisotopic (exact) mass is 333 g/mol. The van der Waals surface area contributed by atoms with Gasteiger partial charge in [0, 0.05) is 47.0 Å². The second-order valence-corrected chi connectivity index (χ2v) is 6.56. The van der Waals surface area contributed by atoms with Crippen LogP contribution in [0.2, 0.25) is 0 Å². The summed E-state index contributed by atoms with van der Waals surface area (Å²) in [5, 5.41) is 0.872. The Labute approximate surface area is 110 Å². The molecule has 0 spiro atoms. The van der Waals surface area contributed by atoms with Crippen molar-refractivity contribution in [1.29, 1.82) is 0 Å². The van der Waals surface area contributed by atoms with Crippen molar-refractivity contribution in [2.75, 3.05) is 13.1 Å². The summed E-state index contributed by atoms with van der Waals surface area (Å²) in [6.45, 7) is 2.51. The molecule has 0 unspecified atom stereocenters. The molecule has 1 nitrogen and oxygen atoms in total. The van der Waals surface area contributed by atoms with E-state index in [1.165, 1.54) is 37.2 Å². The molecule has 0 radical (unpaired) electrons. The molecule has 15 heavy (non-hydrogen) atoms. The number of nitrogens with zero attached hydrogens (tertiary/aromatic N) is 1. The summed E-state index contributed by atoms with van der Waals surface area (Å²) in [6, 6.07) is 10.8. The Morgan fingerprint density at radius 3 is 2.53 bits per heavy atom. The largest absolute Gasteiger partial charge is 0.247 e. The minimum Gasteiger partial charge on any atom is -0.247 e. The highest BCUT2D eigenvalue weighted by Crippen LogP contribution is 2.27. The number of halogens is 1. The Bertz CT molecular complexity index is 283. The number of piperidine rings is 1. The fourth-order valence-electron chi connectivity index (χ4n) is 1.78. The van der Waals surface area contributed by atoms with Crippen LogP contribution in [0.5, 0.6) is 0 Å². The van der Waals surface area contributed by atoms with Crippen LogP contribution < -0.4 is 0 Å². The molecule has 1 heterocycles. The zero-order valence-corrected chi connectivity index (χ0v) is 11.7. The van der Waals surface area contributed by atoms with E-state index in [4.69, 9.17) is 0 Å². The van der Waals surface area contributed by atoms with E-state index in [9.17, 15) is 0 Å². The summed E-state index contributed by atoms with van der Waals surface area (Å²) < 4.78 is 2.40. The van der Waals surface area contributed by atoms with E-state index < -0.39 is 0 Å². The second-order valence-electron chi connectivity index (χ2n) is 3.91. The normalized spacial score (nSPS) is 19.3. The molecule has 1 saturated heterocycles. The fraction of sp³-hybridized carbons (Fsp3) is 0.500. The second kappa shape index (κ2) is 6.11. The van der Waals surface area contributed by atoms with Crippen LogP contribution in [0.3, 0.4) is 0 Å². The first-order valence-corrected chi connectivity index (χ1v) is 7.42. The van der Waals surface area contributed by atoms with Gasteiger partial charge in [0.05, 0.1) is 0 Å². The fourth-order valence-corrected chi connectivity index (χ4v) is 3.50. The Kier molecular flexibility index (Phi) is 4.78. The van der Waals surface area contributed by atoms with Crippen molar-refractivity contribution in [1.82, 2.24) is 3.11 Å². The Balaban J connectivity index is 1.74. The molecular formula is C12H16INS. The molecule has 2 rings (SSSR count).